The van der Waals surface area contributed by atoms with Gasteiger partial charge in [-0.2, -0.15) is 0 Å². The summed E-state index contributed by atoms with van der Waals surface area (Å²) in [6.07, 6.45) is 5.51. The number of aromatic nitrogens is 4. The molecule has 2 heterocycles. The molecule has 2 aromatic heterocycles. The van der Waals surface area contributed by atoms with Crippen LogP contribution in [-0.4, -0.2) is 20.0 Å². The zero-order chi connectivity index (χ0) is 11.4. The summed E-state index contributed by atoms with van der Waals surface area (Å²) in [7, 11) is 1.86. The van der Waals surface area contributed by atoms with E-state index in [4.69, 9.17) is 0 Å². The molecule has 0 saturated carbocycles. The molecule has 2 aromatic rings. The highest BCUT2D eigenvalue weighted by Crippen LogP contribution is 2.10. The molecule has 1 N–H and O–H groups in total. The minimum atomic E-state index is 0.282. The summed E-state index contributed by atoms with van der Waals surface area (Å²) < 4.78 is 1.70. The van der Waals surface area contributed by atoms with E-state index < -0.39 is 0 Å². The number of nitrogens with one attached hydrogen (secondary N) is 1. The van der Waals surface area contributed by atoms with E-state index in [0.29, 0.717) is 0 Å². The largest absolute Gasteiger partial charge is 0.304 e. The van der Waals surface area contributed by atoms with Gasteiger partial charge in [-0.25, -0.2) is 0 Å². The Bertz CT molecular complexity index is 437. The van der Waals surface area contributed by atoms with Crippen LogP contribution >= 0.6 is 0 Å². The lowest BCUT2D eigenvalue weighted by atomic mass is 10.1. The summed E-state index contributed by atoms with van der Waals surface area (Å²) in [6.45, 7) is 2.84. The van der Waals surface area contributed by atoms with Gasteiger partial charge in [0.1, 0.15) is 0 Å². The number of hydrogen-bond acceptors (Lipinski definition) is 4. The van der Waals surface area contributed by atoms with Crippen molar-refractivity contribution in [2.24, 2.45) is 7.05 Å². The molecule has 0 amide bonds. The standard InChI is InChI=1S/C11H15N5/c1-9(10-3-5-12-6-4-10)13-7-11-8-16(2)15-14-11/h3-6,8-9,13H,7H2,1-2H3/t9-/m0/s1. The first-order valence-corrected chi connectivity index (χ1v) is 5.24. The fourth-order valence-electron chi connectivity index (χ4n) is 1.50. The van der Waals surface area contributed by atoms with Crippen LogP contribution in [0.5, 0.6) is 0 Å². The minimum absolute atomic E-state index is 0.282. The second-order valence-electron chi connectivity index (χ2n) is 3.77. The van der Waals surface area contributed by atoms with Gasteiger partial charge < -0.3 is 5.32 Å². The van der Waals surface area contributed by atoms with Gasteiger partial charge >= 0.3 is 0 Å². The van der Waals surface area contributed by atoms with E-state index in [1.807, 2.05) is 25.4 Å². The lowest BCUT2D eigenvalue weighted by molar-refractivity contribution is 0.566. The van der Waals surface area contributed by atoms with Crippen molar-refractivity contribution in [3.63, 3.8) is 0 Å². The van der Waals surface area contributed by atoms with Gasteiger partial charge in [0.2, 0.25) is 0 Å². The van der Waals surface area contributed by atoms with Crippen LogP contribution < -0.4 is 5.32 Å². The van der Waals surface area contributed by atoms with E-state index in [1.165, 1.54) is 5.56 Å². The van der Waals surface area contributed by atoms with Crippen molar-refractivity contribution in [2.45, 2.75) is 19.5 Å². The Labute approximate surface area is 94.5 Å². The third-order valence-corrected chi connectivity index (χ3v) is 2.45. The molecule has 0 aliphatic heterocycles. The van der Waals surface area contributed by atoms with Crippen molar-refractivity contribution in [3.05, 3.63) is 42.0 Å². The van der Waals surface area contributed by atoms with Crippen molar-refractivity contribution in [2.75, 3.05) is 0 Å². The van der Waals surface area contributed by atoms with Gasteiger partial charge in [0.25, 0.3) is 0 Å². The molecular weight excluding hydrogens is 202 g/mol. The molecule has 1 atom stereocenters. The lowest BCUT2D eigenvalue weighted by Crippen LogP contribution is -2.18. The maximum Gasteiger partial charge on any atom is 0.0964 e. The summed E-state index contributed by atoms with van der Waals surface area (Å²) in [6, 6.07) is 4.30. The highest BCUT2D eigenvalue weighted by atomic mass is 15.4. The number of pyridine rings is 1. The normalized spacial score (nSPS) is 12.6. The van der Waals surface area contributed by atoms with E-state index >= 15 is 0 Å². The average molecular weight is 217 g/mol. The molecule has 0 spiro atoms. The zero-order valence-electron chi connectivity index (χ0n) is 9.46. The molecule has 2 rings (SSSR count). The Hall–Kier alpha value is -1.75. The van der Waals surface area contributed by atoms with Gasteiger partial charge in [0.15, 0.2) is 0 Å². The highest BCUT2D eigenvalue weighted by Gasteiger charge is 2.05. The summed E-state index contributed by atoms with van der Waals surface area (Å²) in [5.74, 6) is 0. The SMILES string of the molecule is C[C@H](NCc1cn(C)nn1)c1ccncc1. The monoisotopic (exact) mass is 217 g/mol. The Morgan fingerprint density at radius 3 is 2.75 bits per heavy atom. The van der Waals surface area contributed by atoms with E-state index in [9.17, 15) is 0 Å². The van der Waals surface area contributed by atoms with Gasteiger partial charge in [-0.3, -0.25) is 9.67 Å². The maximum atomic E-state index is 4.02. The molecule has 0 radical (unpaired) electrons. The summed E-state index contributed by atoms with van der Waals surface area (Å²) >= 11 is 0. The second-order valence-corrected chi connectivity index (χ2v) is 3.77. The van der Waals surface area contributed by atoms with E-state index in [1.54, 1.807) is 17.1 Å². The van der Waals surface area contributed by atoms with E-state index in [-0.39, 0.29) is 6.04 Å². The van der Waals surface area contributed by atoms with Gasteiger partial charge in [0, 0.05) is 38.2 Å². The minimum Gasteiger partial charge on any atom is -0.304 e. The first kappa shape index (κ1) is 10.8. The van der Waals surface area contributed by atoms with Crippen LogP contribution in [0.15, 0.2) is 30.7 Å². The van der Waals surface area contributed by atoms with Crippen LogP contribution in [0.2, 0.25) is 0 Å². The van der Waals surface area contributed by atoms with Gasteiger partial charge in [-0.05, 0) is 24.6 Å². The number of nitrogens with zero attached hydrogens (tertiary/aromatic N) is 4. The Balaban J connectivity index is 1.91. The smallest absolute Gasteiger partial charge is 0.0964 e. The quantitative estimate of drug-likeness (QED) is 0.832. The Kier molecular flexibility index (Phi) is 3.26. The van der Waals surface area contributed by atoms with Crippen molar-refractivity contribution in [1.29, 1.82) is 0 Å². The molecule has 0 aromatic carbocycles. The molecule has 0 unspecified atom stereocenters. The predicted octanol–water partition coefficient (Wildman–Crippen LogP) is 1.06. The van der Waals surface area contributed by atoms with Crippen molar-refractivity contribution in [3.8, 4) is 0 Å². The van der Waals surface area contributed by atoms with E-state index in [2.05, 4.69) is 27.5 Å². The maximum absolute atomic E-state index is 4.02. The lowest BCUT2D eigenvalue weighted by Gasteiger charge is -2.12. The van der Waals surface area contributed by atoms with E-state index in [0.717, 1.165) is 12.2 Å². The molecular formula is C11H15N5. The molecule has 0 bridgehead atoms. The predicted molar refractivity (Wildman–Crippen MR) is 60.5 cm³/mol. The first-order valence-electron chi connectivity index (χ1n) is 5.24. The van der Waals surface area contributed by atoms with Crippen LogP contribution in [0.3, 0.4) is 0 Å². The molecule has 0 aliphatic carbocycles. The number of rotatable bonds is 4. The molecule has 84 valence electrons. The number of hydrogen-bond donors (Lipinski definition) is 1. The number of aryl methyl sites for hydroxylation is 1. The molecule has 0 aliphatic rings. The van der Waals surface area contributed by atoms with Crippen LogP contribution in [0, 0.1) is 0 Å². The molecule has 0 fully saturated rings. The topological polar surface area (TPSA) is 55.6 Å². The summed E-state index contributed by atoms with van der Waals surface area (Å²) in [5.41, 5.74) is 2.17. The molecule has 5 heteroatoms. The van der Waals surface area contributed by atoms with Crippen LogP contribution in [0.1, 0.15) is 24.2 Å². The second kappa shape index (κ2) is 4.85. The summed E-state index contributed by atoms with van der Waals surface area (Å²) in [4.78, 5) is 4.00. The average Bonchev–Trinajstić information content (AvgIpc) is 2.73. The molecule has 0 saturated heterocycles. The van der Waals surface area contributed by atoms with Crippen molar-refractivity contribution >= 4 is 0 Å². The van der Waals surface area contributed by atoms with Gasteiger partial charge in [-0.15, -0.1) is 5.10 Å². The third kappa shape index (κ3) is 2.64. The van der Waals surface area contributed by atoms with Gasteiger partial charge in [-0.1, -0.05) is 5.21 Å². The van der Waals surface area contributed by atoms with Crippen LogP contribution in [0.25, 0.3) is 0 Å². The summed E-state index contributed by atoms with van der Waals surface area (Å²) in [5, 5.41) is 11.3. The Morgan fingerprint density at radius 2 is 2.12 bits per heavy atom. The first-order chi connectivity index (χ1) is 7.75. The van der Waals surface area contributed by atoms with Crippen molar-refractivity contribution in [1.82, 2.24) is 25.3 Å². The van der Waals surface area contributed by atoms with Crippen molar-refractivity contribution < 1.29 is 0 Å². The zero-order valence-corrected chi connectivity index (χ0v) is 9.46. The molecule has 5 nitrogen and oxygen atoms in total. The van der Waals surface area contributed by atoms with Crippen LogP contribution in [0.4, 0.5) is 0 Å². The molecule has 16 heavy (non-hydrogen) atoms. The Morgan fingerprint density at radius 1 is 1.38 bits per heavy atom. The fourth-order valence-corrected chi connectivity index (χ4v) is 1.50. The van der Waals surface area contributed by atoms with Crippen LogP contribution in [-0.2, 0) is 13.6 Å². The fraction of sp³-hybridized carbons (Fsp3) is 0.364. The van der Waals surface area contributed by atoms with Gasteiger partial charge in [0.05, 0.1) is 5.69 Å². The third-order valence-electron chi connectivity index (χ3n) is 2.45. The highest BCUT2D eigenvalue weighted by molar-refractivity contribution is 5.14.